The summed E-state index contributed by atoms with van der Waals surface area (Å²) in [5, 5.41) is 9.31. The minimum atomic E-state index is -0.957. The highest BCUT2D eigenvalue weighted by molar-refractivity contribution is 7.80. The first kappa shape index (κ1) is 13.8. The maximum atomic E-state index is 11.4. The predicted molar refractivity (Wildman–Crippen MR) is 82.9 cm³/mol. The van der Waals surface area contributed by atoms with Crippen LogP contribution in [0.25, 0.3) is 11.6 Å². The van der Waals surface area contributed by atoms with Gasteiger partial charge in [0.05, 0.1) is 5.57 Å². The lowest BCUT2D eigenvalue weighted by molar-refractivity contribution is -0.130. The lowest BCUT2D eigenvalue weighted by atomic mass is 10.0. The summed E-state index contributed by atoms with van der Waals surface area (Å²) in [6.45, 7) is 0. The van der Waals surface area contributed by atoms with E-state index in [1.54, 1.807) is 30.3 Å². The molecule has 0 bridgehead atoms. The Kier molecular flexibility index (Phi) is 4.35. The average molecular weight is 288 g/mol. The Hall–Kier alpha value is -1.65. The number of benzene rings is 2. The summed E-state index contributed by atoms with van der Waals surface area (Å²) < 4.78 is 0. The Bertz CT molecular complexity index is 614. The zero-order valence-corrected chi connectivity index (χ0v) is 11.7. The number of hydrogen-bond acceptors (Lipinski definition) is 3. The van der Waals surface area contributed by atoms with Crippen molar-refractivity contribution in [2.24, 2.45) is 0 Å². The van der Waals surface area contributed by atoms with Crippen LogP contribution < -0.4 is 0 Å². The van der Waals surface area contributed by atoms with Crippen molar-refractivity contribution >= 4 is 42.9 Å². The van der Waals surface area contributed by atoms with Crippen LogP contribution in [0.5, 0.6) is 0 Å². The molecule has 0 radical (unpaired) electrons. The van der Waals surface area contributed by atoms with E-state index in [-0.39, 0.29) is 5.57 Å². The van der Waals surface area contributed by atoms with E-state index in [4.69, 9.17) is 0 Å². The lowest BCUT2D eigenvalue weighted by Gasteiger charge is -2.04. The summed E-state index contributed by atoms with van der Waals surface area (Å²) in [4.78, 5) is 13.0. The van der Waals surface area contributed by atoms with Crippen molar-refractivity contribution in [1.82, 2.24) is 0 Å². The fourth-order valence-corrected chi connectivity index (χ4v) is 1.94. The molecule has 0 amide bonds. The minimum Gasteiger partial charge on any atom is -0.478 e. The second kappa shape index (κ2) is 5.99. The van der Waals surface area contributed by atoms with Gasteiger partial charge in [0.25, 0.3) is 0 Å². The highest BCUT2D eigenvalue weighted by Crippen LogP contribution is 2.21. The largest absolute Gasteiger partial charge is 0.478 e. The molecule has 0 heterocycles. The monoisotopic (exact) mass is 288 g/mol. The first-order chi connectivity index (χ1) is 9.06. The molecule has 0 aliphatic rings. The van der Waals surface area contributed by atoms with Gasteiger partial charge in [-0.1, -0.05) is 24.3 Å². The van der Waals surface area contributed by atoms with E-state index in [9.17, 15) is 9.90 Å². The molecule has 2 aromatic carbocycles. The van der Waals surface area contributed by atoms with Gasteiger partial charge in [-0.3, -0.25) is 0 Å². The quantitative estimate of drug-likeness (QED) is 0.455. The Morgan fingerprint density at radius 1 is 0.895 bits per heavy atom. The van der Waals surface area contributed by atoms with E-state index >= 15 is 0 Å². The van der Waals surface area contributed by atoms with Gasteiger partial charge in [0, 0.05) is 9.79 Å². The molecule has 19 heavy (non-hydrogen) atoms. The summed E-state index contributed by atoms with van der Waals surface area (Å²) in [6, 6.07) is 14.3. The fraction of sp³-hybridized carbons (Fsp3) is 0. The van der Waals surface area contributed by atoms with Gasteiger partial charge in [-0.15, -0.1) is 25.3 Å². The van der Waals surface area contributed by atoms with Crippen molar-refractivity contribution in [2.75, 3.05) is 0 Å². The van der Waals surface area contributed by atoms with Gasteiger partial charge in [-0.2, -0.15) is 0 Å². The van der Waals surface area contributed by atoms with Crippen molar-refractivity contribution in [3.05, 3.63) is 59.7 Å². The number of aliphatic carboxylic acids is 1. The molecular formula is C15H12O2S2. The van der Waals surface area contributed by atoms with Gasteiger partial charge in [0.15, 0.2) is 0 Å². The van der Waals surface area contributed by atoms with Crippen LogP contribution in [0.3, 0.4) is 0 Å². The second-order valence-corrected chi connectivity index (χ2v) is 5.03. The Morgan fingerprint density at radius 3 is 1.84 bits per heavy atom. The molecule has 0 fully saturated rings. The Balaban J connectivity index is 2.43. The van der Waals surface area contributed by atoms with E-state index in [2.05, 4.69) is 25.3 Å². The molecule has 1 N–H and O–H groups in total. The van der Waals surface area contributed by atoms with Gasteiger partial charge in [-0.25, -0.2) is 4.79 Å². The van der Waals surface area contributed by atoms with Crippen LogP contribution in [0.15, 0.2) is 58.3 Å². The first-order valence-corrected chi connectivity index (χ1v) is 6.49. The Labute approximate surface area is 122 Å². The van der Waals surface area contributed by atoms with Crippen molar-refractivity contribution in [2.45, 2.75) is 9.79 Å². The fourth-order valence-electron chi connectivity index (χ4n) is 1.65. The van der Waals surface area contributed by atoms with E-state index < -0.39 is 5.97 Å². The summed E-state index contributed by atoms with van der Waals surface area (Å²) >= 11 is 8.39. The third-order valence-electron chi connectivity index (χ3n) is 2.61. The van der Waals surface area contributed by atoms with Crippen LogP contribution in [-0.4, -0.2) is 11.1 Å². The molecule has 0 saturated carbocycles. The minimum absolute atomic E-state index is 0.250. The van der Waals surface area contributed by atoms with E-state index in [0.717, 1.165) is 15.4 Å². The second-order valence-electron chi connectivity index (χ2n) is 4.00. The molecule has 2 rings (SSSR count). The van der Waals surface area contributed by atoms with E-state index in [1.165, 1.54) is 0 Å². The van der Waals surface area contributed by atoms with Crippen molar-refractivity contribution in [3.63, 3.8) is 0 Å². The SMILES string of the molecule is O=C(O)/C(=C\c1ccc(S)cc1)c1ccc(S)cc1. The van der Waals surface area contributed by atoms with Crippen molar-refractivity contribution in [1.29, 1.82) is 0 Å². The summed E-state index contributed by atoms with van der Waals surface area (Å²) in [6.07, 6.45) is 1.64. The van der Waals surface area contributed by atoms with Gasteiger partial charge < -0.3 is 5.11 Å². The third kappa shape index (κ3) is 3.66. The van der Waals surface area contributed by atoms with Crippen LogP contribution in [0, 0.1) is 0 Å². The highest BCUT2D eigenvalue weighted by atomic mass is 32.1. The molecule has 0 aliphatic carbocycles. The van der Waals surface area contributed by atoms with Crippen LogP contribution in [0.1, 0.15) is 11.1 Å². The number of carboxylic acid groups (broad SMARTS) is 1. The lowest BCUT2D eigenvalue weighted by Crippen LogP contribution is -1.99. The molecule has 96 valence electrons. The van der Waals surface area contributed by atoms with Crippen LogP contribution >= 0.6 is 25.3 Å². The third-order valence-corrected chi connectivity index (χ3v) is 3.21. The number of carboxylic acids is 1. The number of rotatable bonds is 3. The molecule has 4 heteroatoms. The van der Waals surface area contributed by atoms with Crippen LogP contribution in [-0.2, 0) is 4.79 Å². The first-order valence-electron chi connectivity index (χ1n) is 5.60. The van der Waals surface area contributed by atoms with Crippen molar-refractivity contribution in [3.8, 4) is 0 Å². The van der Waals surface area contributed by atoms with Crippen molar-refractivity contribution < 1.29 is 9.90 Å². The smallest absolute Gasteiger partial charge is 0.336 e. The highest BCUT2D eigenvalue weighted by Gasteiger charge is 2.10. The number of hydrogen-bond donors (Lipinski definition) is 3. The van der Waals surface area contributed by atoms with Gasteiger partial charge >= 0.3 is 5.97 Å². The standard InChI is InChI=1S/C15H12O2S2/c16-15(17)14(11-3-7-13(19)8-4-11)9-10-1-5-12(18)6-2-10/h1-9,18-19H,(H,16,17)/b14-9-. The molecule has 0 aromatic heterocycles. The van der Waals surface area contributed by atoms with Crippen LogP contribution in [0.2, 0.25) is 0 Å². The van der Waals surface area contributed by atoms with Gasteiger partial charge in [0.1, 0.15) is 0 Å². The predicted octanol–water partition coefficient (Wildman–Crippen LogP) is 3.89. The topological polar surface area (TPSA) is 37.3 Å². The molecule has 0 unspecified atom stereocenters. The maximum Gasteiger partial charge on any atom is 0.336 e. The van der Waals surface area contributed by atoms with E-state index in [1.807, 2.05) is 24.3 Å². The molecule has 2 nitrogen and oxygen atoms in total. The van der Waals surface area contributed by atoms with E-state index in [0.29, 0.717) is 5.56 Å². The van der Waals surface area contributed by atoms with Gasteiger partial charge in [0.2, 0.25) is 0 Å². The maximum absolute atomic E-state index is 11.4. The summed E-state index contributed by atoms with van der Waals surface area (Å²) in [5.41, 5.74) is 1.73. The van der Waals surface area contributed by atoms with Gasteiger partial charge in [-0.05, 0) is 41.5 Å². The normalized spacial score (nSPS) is 11.4. The number of carbonyl (C=O) groups is 1. The summed E-state index contributed by atoms with van der Waals surface area (Å²) in [5.74, 6) is -0.957. The zero-order chi connectivity index (χ0) is 13.8. The zero-order valence-electron chi connectivity index (χ0n) is 9.95. The molecule has 0 aliphatic heterocycles. The average Bonchev–Trinajstić information content (AvgIpc) is 2.39. The molecule has 0 saturated heterocycles. The number of thiol groups is 2. The Morgan fingerprint density at radius 2 is 1.37 bits per heavy atom. The molecule has 0 spiro atoms. The van der Waals surface area contributed by atoms with Crippen LogP contribution in [0.4, 0.5) is 0 Å². The molecular weight excluding hydrogens is 276 g/mol. The molecule has 2 aromatic rings. The summed E-state index contributed by atoms with van der Waals surface area (Å²) in [7, 11) is 0. The molecule has 0 atom stereocenters.